The van der Waals surface area contributed by atoms with Gasteiger partial charge in [0.05, 0.1) is 10.4 Å². The third-order valence-electron chi connectivity index (χ3n) is 1.41. The number of rotatable bonds is 2. The van der Waals surface area contributed by atoms with Crippen molar-refractivity contribution in [2.24, 2.45) is 0 Å². The Morgan fingerprint density at radius 3 is 2.46 bits per heavy atom. The first kappa shape index (κ1) is 11.3. The summed E-state index contributed by atoms with van der Waals surface area (Å²) in [4.78, 5) is 3.60. The van der Waals surface area contributed by atoms with E-state index in [9.17, 15) is 8.78 Å². The van der Waals surface area contributed by atoms with Crippen molar-refractivity contribution < 1.29 is 8.78 Å². The summed E-state index contributed by atoms with van der Waals surface area (Å²) in [6.45, 7) is 0. The lowest BCUT2D eigenvalue weighted by molar-refractivity contribution is 0.145. The summed E-state index contributed by atoms with van der Waals surface area (Å²) in [6, 6.07) is 0. The lowest BCUT2D eigenvalue weighted by Crippen LogP contribution is -1.95. The third-order valence-corrected chi connectivity index (χ3v) is 3.94. The van der Waals surface area contributed by atoms with Crippen LogP contribution in [0.15, 0.2) is 15.1 Å². The van der Waals surface area contributed by atoms with Gasteiger partial charge in [0.1, 0.15) is 5.69 Å². The largest absolute Gasteiger partial charge is 0.281 e. The first-order valence-corrected chi connectivity index (χ1v) is 5.36. The number of halogens is 5. The van der Waals surface area contributed by atoms with Crippen molar-refractivity contribution in [2.75, 3.05) is 0 Å². The molecule has 0 atom stereocenters. The van der Waals surface area contributed by atoms with E-state index in [-0.39, 0.29) is 16.0 Å². The molecule has 72 valence electrons. The number of aromatic nitrogens is 1. The van der Waals surface area contributed by atoms with E-state index in [1.165, 1.54) is 6.20 Å². The molecule has 1 aromatic heterocycles. The van der Waals surface area contributed by atoms with Gasteiger partial charge < -0.3 is 0 Å². The highest BCUT2D eigenvalue weighted by Gasteiger charge is 2.17. The summed E-state index contributed by atoms with van der Waals surface area (Å²) in [5, 5.41) is 0. The van der Waals surface area contributed by atoms with Crippen LogP contribution in [0.4, 0.5) is 8.78 Å². The molecule has 0 bridgehead atoms. The van der Waals surface area contributed by atoms with Crippen molar-refractivity contribution in [1.29, 1.82) is 0 Å². The van der Waals surface area contributed by atoms with Gasteiger partial charge in [0, 0.05) is 16.2 Å². The van der Waals surface area contributed by atoms with Crippen LogP contribution in [0.25, 0.3) is 0 Å². The smallest absolute Gasteiger partial charge is 0.254 e. The summed E-state index contributed by atoms with van der Waals surface area (Å²) in [6.07, 6.45) is -1.25. The average Bonchev–Trinajstić information content (AvgIpc) is 2.09. The van der Waals surface area contributed by atoms with Crippen LogP contribution in [0.3, 0.4) is 0 Å². The Labute approximate surface area is 95.8 Å². The van der Waals surface area contributed by atoms with Gasteiger partial charge in [0.25, 0.3) is 6.43 Å². The highest BCUT2D eigenvalue weighted by molar-refractivity contribution is 9.13. The van der Waals surface area contributed by atoms with Crippen molar-refractivity contribution >= 4 is 43.5 Å². The molecular weight excluding hydrogens is 331 g/mol. The molecule has 0 saturated heterocycles. The first-order chi connectivity index (χ1) is 6.07. The van der Waals surface area contributed by atoms with E-state index in [4.69, 9.17) is 11.6 Å². The number of alkyl halides is 3. The summed E-state index contributed by atoms with van der Waals surface area (Å²) >= 11 is 11.7. The fourth-order valence-electron chi connectivity index (χ4n) is 0.760. The van der Waals surface area contributed by atoms with E-state index in [2.05, 4.69) is 36.8 Å². The van der Waals surface area contributed by atoms with E-state index in [0.717, 1.165) is 0 Å². The van der Waals surface area contributed by atoms with Crippen molar-refractivity contribution in [1.82, 2.24) is 4.98 Å². The molecule has 0 aliphatic rings. The molecular formula is C7H4Br2ClF2N. The number of hydrogen-bond acceptors (Lipinski definition) is 1. The average molecular weight is 335 g/mol. The third kappa shape index (κ3) is 2.39. The quantitative estimate of drug-likeness (QED) is 0.735. The molecule has 0 saturated carbocycles. The minimum atomic E-state index is -2.59. The van der Waals surface area contributed by atoms with Crippen LogP contribution in [-0.4, -0.2) is 4.98 Å². The van der Waals surface area contributed by atoms with Gasteiger partial charge in [0.15, 0.2) is 0 Å². The molecule has 1 aromatic rings. The van der Waals surface area contributed by atoms with Crippen LogP contribution in [0.1, 0.15) is 17.7 Å². The molecule has 0 aliphatic heterocycles. The molecule has 1 nitrogen and oxygen atoms in total. The standard InChI is InChI=1S/C7H4Br2ClF2N/c8-4-3(1-10)2-13-6(5(4)9)7(11)12/h2,7H,1H2. The second kappa shape index (κ2) is 4.66. The van der Waals surface area contributed by atoms with Gasteiger partial charge in [-0.25, -0.2) is 8.78 Å². The second-order valence-electron chi connectivity index (χ2n) is 2.23. The van der Waals surface area contributed by atoms with Gasteiger partial charge in [-0.3, -0.25) is 4.98 Å². The fourth-order valence-corrected chi connectivity index (χ4v) is 2.10. The zero-order valence-corrected chi connectivity index (χ0v) is 10.1. The van der Waals surface area contributed by atoms with Crippen LogP contribution in [-0.2, 0) is 5.88 Å². The van der Waals surface area contributed by atoms with Gasteiger partial charge in [-0.2, -0.15) is 0 Å². The van der Waals surface area contributed by atoms with Crippen LogP contribution in [0, 0.1) is 0 Å². The second-order valence-corrected chi connectivity index (χ2v) is 4.08. The van der Waals surface area contributed by atoms with Crippen LogP contribution in [0.2, 0.25) is 0 Å². The maximum Gasteiger partial charge on any atom is 0.281 e. The maximum absolute atomic E-state index is 12.3. The Morgan fingerprint density at radius 1 is 1.38 bits per heavy atom. The van der Waals surface area contributed by atoms with Gasteiger partial charge in [-0.15, -0.1) is 11.6 Å². The van der Waals surface area contributed by atoms with Gasteiger partial charge in [-0.05, 0) is 31.9 Å². The lowest BCUT2D eigenvalue weighted by Gasteiger charge is -2.06. The van der Waals surface area contributed by atoms with E-state index < -0.39 is 6.43 Å². The van der Waals surface area contributed by atoms with Crippen molar-refractivity contribution in [2.45, 2.75) is 12.3 Å². The number of hydrogen-bond donors (Lipinski definition) is 0. The van der Waals surface area contributed by atoms with Crippen molar-refractivity contribution in [3.63, 3.8) is 0 Å². The zero-order valence-electron chi connectivity index (χ0n) is 6.20. The van der Waals surface area contributed by atoms with Gasteiger partial charge >= 0.3 is 0 Å². The number of nitrogens with zero attached hydrogens (tertiary/aromatic N) is 1. The molecule has 0 spiro atoms. The van der Waals surface area contributed by atoms with Crippen molar-refractivity contribution in [3.8, 4) is 0 Å². The predicted octanol–water partition coefficient (Wildman–Crippen LogP) is 4.28. The lowest BCUT2D eigenvalue weighted by atomic mass is 10.3. The van der Waals surface area contributed by atoms with E-state index >= 15 is 0 Å². The predicted molar refractivity (Wildman–Crippen MR) is 54.2 cm³/mol. The van der Waals surface area contributed by atoms with Crippen LogP contribution < -0.4 is 0 Å². The minimum Gasteiger partial charge on any atom is -0.254 e. The zero-order chi connectivity index (χ0) is 10.0. The topological polar surface area (TPSA) is 12.9 Å². The molecule has 0 aromatic carbocycles. The maximum atomic E-state index is 12.3. The molecule has 13 heavy (non-hydrogen) atoms. The Hall–Kier alpha value is 0.260. The highest BCUT2D eigenvalue weighted by atomic mass is 79.9. The molecule has 1 rings (SSSR count). The molecule has 0 fully saturated rings. The van der Waals surface area contributed by atoms with Crippen LogP contribution in [0.5, 0.6) is 0 Å². The Bertz CT molecular complexity index is 320. The Kier molecular flexibility index (Phi) is 4.06. The van der Waals surface area contributed by atoms with Gasteiger partial charge in [0.2, 0.25) is 0 Å². The highest BCUT2D eigenvalue weighted by Crippen LogP contribution is 2.34. The molecule has 0 aliphatic carbocycles. The Balaban J connectivity index is 3.23. The van der Waals surface area contributed by atoms with Crippen molar-refractivity contribution in [3.05, 3.63) is 26.4 Å². The Morgan fingerprint density at radius 2 is 2.00 bits per heavy atom. The monoisotopic (exact) mass is 333 g/mol. The summed E-state index contributed by atoms with van der Waals surface area (Å²) in [5.74, 6) is 0.232. The summed E-state index contributed by atoms with van der Waals surface area (Å²) < 4.78 is 25.4. The van der Waals surface area contributed by atoms with E-state index in [1.807, 2.05) is 0 Å². The molecule has 6 heteroatoms. The summed E-state index contributed by atoms with van der Waals surface area (Å²) in [5.41, 5.74) is 0.402. The first-order valence-electron chi connectivity index (χ1n) is 3.24. The minimum absolute atomic E-state index is 0.232. The van der Waals surface area contributed by atoms with Crippen LogP contribution >= 0.6 is 43.5 Å². The van der Waals surface area contributed by atoms with E-state index in [1.54, 1.807) is 0 Å². The fraction of sp³-hybridized carbons (Fsp3) is 0.286. The van der Waals surface area contributed by atoms with Gasteiger partial charge in [-0.1, -0.05) is 0 Å². The van der Waals surface area contributed by atoms with E-state index in [0.29, 0.717) is 10.0 Å². The summed E-state index contributed by atoms with van der Waals surface area (Å²) in [7, 11) is 0. The molecule has 0 amide bonds. The molecule has 0 unspecified atom stereocenters. The molecule has 0 N–H and O–H groups in total. The molecule has 1 heterocycles. The SMILES string of the molecule is FC(F)c1ncc(CCl)c(Br)c1Br. The normalized spacial score (nSPS) is 10.9. The molecule has 0 radical (unpaired) electrons. The number of pyridine rings is 1.